The van der Waals surface area contributed by atoms with Gasteiger partial charge in [0.15, 0.2) is 0 Å². The average molecular weight is 190 g/mol. The van der Waals surface area contributed by atoms with Crippen molar-refractivity contribution >= 4 is 5.97 Å². The van der Waals surface area contributed by atoms with E-state index in [0.717, 1.165) is 17.7 Å². The second-order valence-electron chi connectivity index (χ2n) is 4.19. The van der Waals surface area contributed by atoms with Crippen molar-refractivity contribution in [2.75, 3.05) is 0 Å². The second kappa shape index (κ2) is 3.45. The SMILES string of the molecule is CC(C)Cc1ccc2c(c1)CC(=O)O2. The fourth-order valence-corrected chi connectivity index (χ4v) is 1.78. The maximum absolute atomic E-state index is 11.0. The number of hydrogen-bond acceptors (Lipinski definition) is 2. The average Bonchev–Trinajstić information content (AvgIpc) is 2.42. The van der Waals surface area contributed by atoms with Crippen molar-refractivity contribution in [1.29, 1.82) is 0 Å². The number of ether oxygens (including phenoxy) is 1. The van der Waals surface area contributed by atoms with Crippen LogP contribution in [-0.2, 0) is 17.6 Å². The van der Waals surface area contributed by atoms with Gasteiger partial charge in [-0.2, -0.15) is 0 Å². The molecule has 0 saturated heterocycles. The van der Waals surface area contributed by atoms with Gasteiger partial charge in [0, 0.05) is 5.56 Å². The molecule has 0 atom stereocenters. The summed E-state index contributed by atoms with van der Waals surface area (Å²) in [5.41, 5.74) is 2.32. The summed E-state index contributed by atoms with van der Waals surface area (Å²) in [6.45, 7) is 4.38. The van der Waals surface area contributed by atoms with Gasteiger partial charge < -0.3 is 4.74 Å². The first kappa shape index (κ1) is 9.25. The highest BCUT2D eigenvalue weighted by molar-refractivity contribution is 5.81. The minimum absolute atomic E-state index is 0.137. The highest BCUT2D eigenvalue weighted by Gasteiger charge is 2.20. The molecule has 0 fully saturated rings. The summed E-state index contributed by atoms with van der Waals surface area (Å²) < 4.78 is 5.03. The molecule has 0 spiro atoms. The van der Waals surface area contributed by atoms with E-state index in [9.17, 15) is 4.79 Å². The molecule has 0 bridgehead atoms. The molecular weight excluding hydrogens is 176 g/mol. The van der Waals surface area contributed by atoms with Crippen LogP contribution in [0, 0.1) is 5.92 Å². The van der Waals surface area contributed by atoms with Gasteiger partial charge in [0.1, 0.15) is 5.75 Å². The van der Waals surface area contributed by atoms with Crippen LogP contribution in [0.5, 0.6) is 5.75 Å². The molecule has 0 aliphatic carbocycles. The summed E-state index contributed by atoms with van der Waals surface area (Å²) in [6, 6.07) is 6.02. The van der Waals surface area contributed by atoms with Gasteiger partial charge in [-0.3, -0.25) is 4.79 Å². The minimum Gasteiger partial charge on any atom is -0.426 e. The maximum Gasteiger partial charge on any atom is 0.315 e. The molecule has 2 heteroatoms. The quantitative estimate of drug-likeness (QED) is 0.528. The van der Waals surface area contributed by atoms with E-state index in [1.807, 2.05) is 12.1 Å². The van der Waals surface area contributed by atoms with Crippen LogP contribution in [0.25, 0.3) is 0 Å². The van der Waals surface area contributed by atoms with E-state index in [4.69, 9.17) is 4.74 Å². The lowest BCUT2D eigenvalue weighted by Crippen LogP contribution is -2.00. The van der Waals surface area contributed by atoms with Gasteiger partial charge >= 0.3 is 5.97 Å². The van der Waals surface area contributed by atoms with Crippen molar-refractivity contribution in [2.45, 2.75) is 26.7 Å². The van der Waals surface area contributed by atoms with E-state index >= 15 is 0 Å². The van der Waals surface area contributed by atoms with Crippen molar-refractivity contribution in [2.24, 2.45) is 5.92 Å². The zero-order valence-electron chi connectivity index (χ0n) is 8.54. The van der Waals surface area contributed by atoms with Crippen molar-refractivity contribution < 1.29 is 9.53 Å². The number of carbonyl (C=O) groups excluding carboxylic acids is 1. The van der Waals surface area contributed by atoms with Crippen molar-refractivity contribution in [3.05, 3.63) is 29.3 Å². The van der Waals surface area contributed by atoms with Gasteiger partial charge in [-0.1, -0.05) is 26.0 Å². The number of hydrogen-bond donors (Lipinski definition) is 0. The Kier molecular flexibility index (Phi) is 2.28. The Labute approximate surface area is 83.9 Å². The molecule has 1 aliphatic rings. The minimum atomic E-state index is -0.137. The Hall–Kier alpha value is -1.31. The Morgan fingerprint density at radius 3 is 2.93 bits per heavy atom. The molecule has 0 N–H and O–H groups in total. The fraction of sp³-hybridized carbons (Fsp3) is 0.417. The third-order valence-electron chi connectivity index (χ3n) is 2.33. The van der Waals surface area contributed by atoms with Gasteiger partial charge in [0.05, 0.1) is 6.42 Å². The van der Waals surface area contributed by atoms with E-state index in [1.165, 1.54) is 5.56 Å². The Bertz CT molecular complexity index is 367. The smallest absolute Gasteiger partial charge is 0.315 e. The normalized spacial score (nSPS) is 14.4. The van der Waals surface area contributed by atoms with Gasteiger partial charge in [0.25, 0.3) is 0 Å². The summed E-state index contributed by atoms with van der Waals surface area (Å²) in [6.07, 6.45) is 1.49. The molecule has 1 aromatic carbocycles. The summed E-state index contributed by atoms with van der Waals surface area (Å²) >= 11 is 0. The maximum atomic E-state index is 11.0. The first-order valence-electron chi connectivity index (χ1n) is 4.97. The highest BCUT2D eigenvalue weighted by atomic mass is 16.5. The van der Waals surface area contributed by atoms with E-state index in [1.54, 1.807) is 0 Å². The fourth-order valence-electron chi connectivity index (χ4n) is 1.78. The van der Waals surface area contributed by atoms with Gasteiger partial charge in [-0.05, 0) is 24.0 Å². The Morgan fingerprint density at radius 1 is 1.43 bits per heavy atom. The molecule has 0 radical (unpaired) electrons. The Balaban J connectivity index is 2.24. The van der Waals surface area contributed by atoms with Crippen LogP contribution in [0.4, 0.5) is 0 Å². The number of carbonyl (C=O) groups is 1. The molecule has 1 aliphatic heterocycles. The van der Waals surface area contributed by atoms with Crippen LogP contribution in [0.2, 0.25) is 0 Å². The van der Waals surface area contributed by atoms with Crippen LogP contribution in [0.15, 0.2) is 18.2 Å². The zero-order valence-corrected chi connectivity index (χ0v) is 8.54. The highest BCUT2D eigenvalue weighted by Crippen LogP contribution is 2.27. The van der Waals surface area contributed by atoms with Crippen LogP contribution >= 0.6 is 0 Å². The lowest BCUT2D eigenvalue weighted by Gasteiger charge is -2.05. The molecule has 0 aromatic heterocycles. The molecule has 1 aromatic rings. The van der Waals surface area contributed by atoms with Crippen LogP contribution in [-0.4, -0.2) is 5.97 Å². The van der Waals surface area contributed by atoms with Gasteiger partial charge in [0.2, 0.25) is 0 Å². The van der Waals surface area contributed by atoms with Crippen molar-refractivity contribution in [1.82, 2.24) is 0 Å². The van der Waals surface area contributed by atoms with Crippen LogP contribution in [0.3, 0.4) is 0 Å². The first-order chi connectivity index (χ1) is 6.65. The molecule has 1 heterocycles. The molecule has 0 unspecified atom stereocenters. The lowest BCUT2D eigenvalue weighted by molar-refractivity contribution is -0.131. The number of benzene rings is 1. The van der Waals surface area contributed by atoms with Gasteiger partial charge in [-0.25, -0.2) is 0 Å². The second-order valence-corrected chi connectivity index (χ2v) is 4.19. The third kappa shape index (κ3) is 1.79. The van der Waals surface area contributed by atoms with Crippen molar-refractivity contribution in [3.63, 3.8) is 0 Å². The summed E-state index contributed by atoms with van der Waals surface area (Å²) in [4.78, 5) is 11.0. The van der Waals surface area contributed by atoms with Crippen LogP contribution < -0.4 is 4.74 Å². The zero-order chi connectivity index (χ0) is 10.1. The molecule has 0 amide bonds. The van der Waals surface area contributed by atoms with Gasteiger partial charge in [-0.15, -0.1) is 0 Å². The topological polar surface area (TPSA) is 26.3 Å². The van der Waals surface area contributed by atoms with E-state index < -0.39 is 0 Å². The van der Waals surface area contributed by atoms with Crippen molar-refractivity contribution in [3.8, 4) is 5.75 Å². The first-order valence-corrected chi connectivity index (χ1v) is 4.97. The van der Waals surface area contributed by atoms with E-state index in [0.29, 0.717) is 12.3 Å². The Morgan fingerprint density at radius 2 is 2.21 bits per heavy atom. The predicted molar refractivity (Wildman–Crippen MR) is 54.3 cm³/mol. The van der Waals surface area contributed by atoms with E-state index in [-0.39, 0.29) is 5.97 Å². The van der Waals surface area contributed by atoms with Crippen LogP contribution in [0.1, 0.15) is 25.0 Å². The molecule has 2 rings (SSSR count). The number of fused-ring (bicyclic) bond motifs is 1. The molecule has 2 nitrogen and oxygen atoms in total. The monoisotopic (exact) mass is 190 g/mol. The number of rotatable bonds is 2. The summed E-state index contributed by atoms with van der Waals surface area (Å²) in [5, 5.41) is 0. The third-order valence-corrected chi connectivity index (χ3v) is 2.33. The molecule has 74 valence electrons. The predicted octanol–water partition coefficient (Wildman–Crippen LogP) is 2.35. The van der Waals surface area contributed by atoms with E-state index in [2.05, 4.69) is 19.9 Å². The largest absolute Gasteiger partial charge is 0.426 e. The standard InChI is InChI=1S/C12H14O2/c1-8(2)5-9-3-4-11-10(6-9)7-12(13)14-11/h3-4,6,8H,5,7H2,1-2H3. The summed E-state index contributed by atoms with van der Waals surface area (Å²) in [5.74, 6) is 1.25. The summed E-state index contributed by atoms with van der Waals surface area (Å²) in [7, 11) is 0. The molecule has 0 saturated carbocycles. The molecular formula is C12H14O2. The molecule has 14 heavy (non-hydrogen) atoms. The number of esters is 1. The lowest BCUT2D eigenvalue weighted by atomic mass is 10.0.